The standard InChI is InChI=1S/C66H56B8N2S2/c67-57-55-56-58(68)60(70)62(72)64(74)66(56)76(65(55)63(73)61(71)59(57)69)41-35-36-54-52(39-41)51-33-19-20-34-53(51)75(54)42-37-49(77(43-21-7-1-8-22-43,44-23-9-2-10-24-44)45-25-11-3-12-26-45)40-50(38-42)78(46-27-13-4-14-28-46,47-29-15-5-16-30-47)48-31-17-6-18-32-48/h1-40H,67-74H2. The van der Waals surface area contributed by atoms with Crippen molar-refractivity contribution in [3.05, 3.63) is 243 Å². The molecule has 2 aromatic heterocycles. The van der Waals surface area contributed by atoms with Gasteiger partial charge < -0.3 is 9.13 Å². The molecule has 0 fully saturated rings. The van der Waals surface area contributed by atoms with Crippen LogP contribution in [-0.4, -0.2) is 71.9 Å². The van der Waals surface area contributed by atoms with Crippen molar-refractivity contribution < 1.29 is 0 Å². The molecule has 12 heteroatoms. The average molecular weight is 1030 g/mol. The van der Waals surface area contributed by atoms with E-state index < -0.39 is 20.1 Å². The van der Waals surface area contributed by atoms with Crippen LogP contribution in [0.2, 0.25) is 0 Å². The second-order valence-electron chi connectivity index (χ2n) is 21.1. The van der Waals surface area contributed by atoms with E-state index in [0.717, 1.165) is 5.69 Å². The molecule has 0 aliphatic carbocycles. The molecule has 0 saturated carbocycles. The van der Waals surface area contributed by atoms with Gasteiger partial charge in [-0.1, -0.05) is 160 Å². The molecule has 78 heavy (non-hydrogen) atoms. The van der Waals surface area contributed by atoms with E-state index in [1.807, 2.05) is 0 Å². The van der Waals surface area contributed by atoms with Crippen LogP contribution in [-0.2, 0) is 0 Å². The number of hydrogen-bond acceptors (Lipinski definition) is 0. The molecule has 0 aliphatic heterocycles. The maximum absolute atomic E-state index is 2.62. The molecule has 0 radical (unpaired) electrons. The Balaban J connectivity index is 1.20. The first-order valence-corrected chi connectivity index (χ1v) is 30.5. The highest BCUT2D eigenvalue weighted by molar-refractivity contribution is 8.34. The molecule has 0 saturated heterocycles. The van der Waals surface area contributed by atoms with Crippen LogP contribution in [0.5, 0.6) is 0 Å². The van der Waals surface area contributed by atoms with Gasteiger partial charge in [-0.3, -0.25) is 0 Å². The smallest absolute Gasteiger partial charge is 0.141 e. The second-order valence-corrected chi connectivity index (χ2v) is 27.3. The summed E-state index contributed by atoms with van der Waals surface area (Å²) in [5.41, 5.74) is 18.2. The maximum atomic E-state index is 2.62. The summed E-state index contributed by atoms with van der Waals surface area (Å²) in [5, 5.41) is 5.21. The van der Waals surface area contributed by atoms with E-state index in [4.69, 9.17) is 0 Å². The van der Waals surface area contributed by atoms with Crippen LogP contribution in [0.3, 0.4) is 0 Å². The first-order chi connectivity index (χ1) is 38.1. The number of aromatic nitrogens is 2. The van der Waals surface area contributed by atoms with Crippen LogP contribution >= 0.6 is 20.1 Å². The highest BCUT2D eigenvalue weighted by Gasteiger charge is 2.39. The first kappa shape index (κ1) is 49.8. The molecule has 0 bridgehead atoms. The first-order valence-electron chi connectivity index (χ1n) is 27.2. The van der Waals surface area contributed by atoms with E-state index in [1.54, 1.807) is 0 Å². The predicted molar refractivity (Wildman–Crippen MR) is 361 cm³/mol. The van der Waals surface area contributed by atoms with Crippen LogP contribution < -0.4 is 43.7 Å². The van der Waals surface area contributed by atoms with Crippen LogP contribution in [0.15, 0.2) is 282 Å². The van der Waals surface area contributed by atoms with Crippen molar-refractivity contribution in [2.24, 2.45) is 0 Å². The summed E-state index contributed by atoms with van der Waals surface area (Å²) in [5.74, 6) is 0. The molecule has 13 aromatic rings. The monoisotopic (exact) mass is 1030 g/mol. The SMILES string of the molecule is Bc1c(B)c(B)c2c(c1B)c1c(B)c(B)c(B)c(B)c1n2-c1ccc2c(c1)c1ccccc1n2-c1cc(S(c2ccccc2)(c2ccccc2)c2ccccc2)cc(S(c2ccccc2)(c2ccccc2)c2ccccc2)c1. The minimum atomic E-state index is -2.17. The fraction of sp³-hybridized carbons (Fsp3) is 0. The van der Waals surface area contributed by atoms with Gasteiger partial charge in [0.05, 0.1) is 11.0 Å². The lowest BCUT2D eigenvalue weighted by atomic mass is 9.63. The minimum Gasteiger partial charge on any atom is -0.310 e. The van der Waals surface area contributed by atoms with E-state index >= 15 is 0 Å². The number of fused-ring (bicyclic) bond motifs is 6. The fourth-order valence-corrected chi connectivity index (χ4v) is 20.9. The van der Waals surface area contributed by atoms with Gasteiger partial charge in [0.2, 0.25) is 0 Å². The van der Waals surface area contributed by atoms with E-state index in [9.17, 15) is 0 Å². The summed E-state index contributed by atoms with van der Waals surface area (Å²) in [6, 6.07) is 92.1. The van der Waals surface area contributed by atoms with Gasteiger partial charge in [-0.2, -0.15) is 0 Å². The number of nitrogens with zero attached hydrogens (tertiary/aromatic N) is 2. The van der Waals surface area contributed by atoms with Crippen LogP contribution in [0.4, 0.5) is 0 Å². The van der Waals surface area contributed by atoms with Crippen molar-refractivity contribution in [1.29, 1.82) is 0 Å². The predicted octanol–water partition coefficient (Wildman–Crippen LogP) is 4.63. The largest absolute Gasteiger partial charge is 0.310 e. The Bertz CT molecular complexity index is 4050. The van der Waals surface area contributed by atoms with Gasteiger partial charge in [0.15, 0.2) is 0 Å². The van der Waals surface area contributed by atoms with Crippen molar-refractivity contribution in [3.63, 3.8) is 0 Å². The Hall–Kier alpha value is -7.76. The minimum absolute atomic E-state index is 1.13. The van der Waals surface area contributed by atoms with Gasteiger partial charge in [0.1, 0.15) is 62.8 Å². The molecule has 0 atom stereocenters. The molecule has 13 rings (SSSR count). The lowest BCUT2D eigenvalue weighted by molar-refractivity contribution is 1.11. The normalized spacial score (nSPS) is 12.4. The third-order valence-corrected chi connectivity index (χ3v) is 25.1. The van der Waals surface area contributed by atoms with Crippen molar-refractivity contribution in [3.8, 4) is 11.4 Å². The van der Waals surface area contributed by atoms with Gasteiger partial charge in [-0.15, -0.1) is 31.0 Å². The molecule has 2 heterocycles. The van der Waals surface area contributed by atoms with Crippen LogP contribution in [0, 0.1) is 0 Å². The zero-order valence-electron chi connectivity index (χ0n) is 45.8. The maximum Gasteiger partial charge on any atom is 0.141 e. The number of para-hydroxylation sites is 1. The Kier molecular flexibility index (Phi) is 12.5. The molecule has 0 N–H and O–H groups in total. The fourth-order valence-electron chi connectivity index (χ4n) is 12.9. The summed E-state index contributed by atoms with van der Waals surface area (Å²) in [7, 11) is 14.2. The third-order valence-electron chi connectivity index (χ3n) is 17.3. The summed E-state index contributed by atoms with van der Waals surface area (Å²) in [6.07, 6.45) is 0. The van der Waals surface area contributed by atoms with Crippen molar-refractivity contribution in [2.75, 3.05) is 0 Å². The summed E-state index contributed by atoms with van der Waals surface area (Å²) in [4.78, 5) is 10.3. The van der Waals surface area contributed by atoms with Gasteiger partial charge in [0.25, 0.3) is 0 Å². The summed E-state index contributed by atoms with van der Waals surface area (Å²) in [6.45, 7) is 0. The average Bonchev–Trinajstić information content (AvgIpc) is 4.19. The zero-order chi connectivity index (χ0) is 53.5. The van der Waals surface area contributed by atoms with E-state index in [0.29, 0.717) is 0 Å². The van der Waals surface area contributed by atoms with Crippen molar-refractivity contribution >= 4 is 170 Å². The topological polar surface area (TPSA) is 9.86 Å². The zero-order valence-corrected chi connectivity index (χ0v) is 47.4. The molecular weight excluding hydrogens is 971 g/mol. The number of rotatable bonds is 10. The molecule has 2 nitrogen and oxygen atoms in total. The van der Waals surface area contributed by atoms with Gasteiger partial charge >= 0.3 is 0 Å². The summed E-state index contributed by atoms with van der Waals surface area (Å²) < 4.78 is 5.20. The number of benzene rings is 11. The summed E-state index contributed by atoms with van der Waals surface area (Å²) >= 11 is 0. The molecular formula is C66H56B8N2S2. The molecule has 366 valence electrons. The van der Waals surface area contributed by atoms with Gasteiger partial charge in [0, 0.05) is 72.3 Å². The van der Waals surface area contributed by atoms with E-state index in [2.05, 4.69) is 315 Å². The third kappa shape index (κ3) is 7.40. The Morgan fingerprint density at radius 1 is 0.231 bits per heavy atom. The van der Waals surface area contributed by atoms with E-state index in [1.165, 1.54) is 132 Å². The second kappa shape index (κ2) is 19.6. The molecule has 0 unspecified atom stereocenters. The Morgan fingerprint density at radius 2 is 0.551 bits per heavy atom. The van der Waals surface area contributed by atoms with Crippen LogP contribution in [0.1, 0.15) is 0 Å². The lowest BCUT2D eigenvalue weighted by Crippen LogP contribution is -2.49. The van der Waals surface area contributed by atoms with Gasteiger partial charge in [-0.25, -0.2) is 0 Å². The number of hydrogen-bond donors (Lipinski definition) is 0. The highest BCUT2D eigenvalue weighted by Crippen LogP contribution is 2.77. The molecule has 0 amide bonds. The Labute approximate surface area is 469 Å². The molecule has 11 aromatic carbocycles. The van der Waals surface area contributed by atoms with Crippen LogP contribution in [0.25, 0.3) is 55.0 Å². The quantitative estimate of drug-likeness (QED) is 0.177. The molecule has 0 aliphatic rings. The lowest BCUT2D eigenvalue weighted by Gasteiger charge is -2.45. The van der Waals surface area contributed by atoms with E-state index in [-0.39, 0.29) is 0 Å². The van der Waals surface area contributed by atoms with Crippen molar-refractivity contribution in [1.82, 2.24) is 9.13 Å². The Morgan fingerprint density at radius 3 is 0.923 bits per heavy atom. The van der Waals surface area contributed by atoms with Crippen molar-refractivity contribution in [2.45, 2.75) is 39.2 Å². The van der Waals surface area contributed by atoms with Gasteiger partial charge in [-0.05, 0) is 126 Å². The highest BCUT2D eigenvalue weighted by atomic mass is 32.3. The molecule has 0 spiro atoms.